The molecule has 0 amide bonds. The van der Waals surface area contributed by atoms with Crippen molar-refractivity contribution < 1.29 is 4.74 Å². The van der Waals surface area contributed by atoms with Gasteiger partial charge in [0.25, 0.3) is 0 Å². The number of benzene rings is 1. The van der Waals surface area contributed by atoms with Crippen molar-refractivity contribution in [3.8, 4) is 11.1 Å². The van der Waals surface area contributed by atoms with Gasteiger partial charge in [-0.2, -0.15) is 0 Å². The van der Waals surface area contributed by atoms with Gasteiger partial charge in [0.05, 0.1) is 12.7 Å². The Labute approximate surface area is 184 Å². The van der Waals surface area contributed by atoms with Crippen LogP contribution in [0.25, 0.3) is 17.2 Å². The standard InChI is InChI=1S/C26H28N4O/c1-19-13-23(7-9-27-19)22-5-3-21(4-6-22)17-29-10-8-24-14-26(28-15-25(24)18-29)30-11-12-31-20(2)16-30/h3-10,13-15,20H,11-12,16-18H2,1-2H3/t20-/m0/s1. The number of hydrogen-bond donors (Lipinski definition) is 0. The first-order valence-corrected chi connectivity index (χ1v) is 10.9. The molecule has 0 spiro atoms. The number of nitrogens with zero attached hydrogens (tertiary/aromatic N) is 4. The summed E-state index contributed by atoms with van der Waals surface area (Å²) in [6.45, 7) is 8.48. The minimum absolute atomic E-state index is 0.256. The first kappa shape index (κ1) is 19.8. The van der Waals surface area contributed by atoms with Gasteiger partial charge in [0.2, 0.25) is 0 Å². The monoisotopic (exact) mass is 412 g/mol. The van der Waals surface area contributed by atoms with Crippen molar-refractivity contribution in [2.45, 2.75) is 33.0 Å². The Kier molecular flexibility index (Phi) is 5.43. The van der Waals surface area contributed by atoms with Crippen LogP contribution in [0.4, 0.5) is 5.82 Å². The molecular formula is C26H28N4O. The molecule has 2 aromatic heterocycles. The zero-order chi connectivity index (χ0) is 21.2. The summed E-state index contributed by atoms with van der Waals surface area (Å²) in [5, 5.41) is 0. The van der Waals surface area contributed by atoms with Crippen LogP contribution in [-0.4, -0.2) is 40.7 Å². The largest absolute Gasteiger partial charge is 0.375 e. The maximum Gasteiger partial charge on any atom is 0.129 e. The molecule has 158 valence electrons. The molecule has 0 radical (unpaired) electrons. The molecule has 0 aliphatic carbocycles. The summed E-state index contributed by atoms with van der Waals surface area (Å²) in [7, 11) is 0. The van der Waals surface area contributed by atoms with E-state index in [0.717, 1.165) is 44.3 Å². The molecular weight excluding hydrogens is 384 g/mol. The summed E-state index contributed by atoms with van der Waals surface area (Å²) in [4.78, 5) is 13.7. The van der Waals surface area contributed by atoms with Crippen molar-refractivity contribution in [2.75, 3.05) is 24.6 Å². The molecule has 1 aromatic carbocycles. The van der Waals surface area contributed by atoms with Gasteiger partial charge in [-0.3, -0.25) is 4.98 Å². The van der Waals surface area contributed by atoms with Gasteiger partial charge in [0.15, 0.2) is 0 Å². The molecule has 0 N–H and O–H groups in total. The number of aryl methyl sites for hydroxylation is 1. The SMILES string of the molecule is Cc1cc(-c2ccc(CN3C=Cc4cc(N5CCO[C@@H](C)C5)ncc4C3)cc2)ccn1. The van der Waals surface area contributed by atoms with E-state index in [0.29, 0.717) is 0 Å². The molecule has 0 bridgehead atoms. The number of fused-ring (bicyclic) bond motifs is 1. The zero-order valence-corrected chi connectivity index (χ0v) is 18.2. The predicted octanol–water partition coefficient (Wildman–Crippen LogP) is 4.66. The summed E-state index contributed by atoms with van der Waals surface area (Å²) < 4.78 is 5.66. The van der Waals surface area contributed by atoms with E-state index in [-0.39, 0.29) is 6.10 Å². The normalized spacial score (nSPS) is 18.2. The van der Waals surface area contributed by atoms with Crippen LogP contribution in [0.5, 0.6) is 0 Å². The van der Waals surface area contributed by atoms with E-state index in [1.54, 1.807) is 0 Å². The van der Waals surface area contributed by atoms with Crippen molar-refractivity contribution in [3.63, 3.8) is 0 Å². The minimum atomic E-state index is 0.256. The Morgan fingerprint density at radius 1 is 1.06 bits per heavy atom. The molecule has 1 fully saturated rings. The smallest absolute Gasteiger partial charge is 0.129 e. The second-order valence-electron chi connectivity index (χ2n) is 8.47. The van der Waals surface area contributed by atoms with Gasteiger partial charge in [-0.1, -0.05) is 24.3 Å². The first-order valence-electron chi connectivity index (χ1n) is 10.9. The highest BCUT2D eigenvalue weighted by Crippen LogP contribution is 2.26. The van der Waals surface area contributed by atoms with Crippen LogP contribution in [0.2, 0.25) is 0 Å². The lowest BCUT2D eigenvalue weighted by molar-refractivity contribution is 0.0529. The van der Waals surface area contributed by atoms with Gasteiger partial charge in [-0.25, -0.2) is 4.98 Å². The van der Waals surface area contributed by atoms with E-state index in [9.17, 15) is 0 Å². The molecule has 0 saturated carbocycles. The highest BCUT2D eigenvalue weighted by molar-refractivity contribution is 5.64. The summed E-state index contributed by atoms with van der Waals surface area (Å²) in [5.74, 6) is 1.05. The van der Waals surface area contributed by atoms with Crippen molar-refractivity contribution in [3.05, 3.63) is 83.4 Å². The molecule has 2 aliphatic heterocycles. The van der Waals surface area contributed by atoms with E-state index >= 15 is 0 Å². The summed E-state index contributed by atoms with van der Waals surface area (Å²) >= 11 is 0. The molecule has 2 aliphatic rings. The van der Waals surface area contributed by atoms with Gasteiger partial charge in [-0.15, -0.1) is 0 Å². The average molecular weight is 413 g/mol. The summed E-state index contributed by atoms with van der Waals surface area (Å²) in [5.41, 5.74) is 7.32. The van der Waals surface area contributed by atoms with Gasteiger partial charge in [0.1, 0.15) is 5.82 Å². The quantitative estimate of drug-likeness (QED) is 0.623. The third-order valence-electron chi connectivity index (χ3n) is 5.98. The van der Waals surface area contributed by atoms with Crippen LogP contribution >= 0.6 is 0 Å². The van der Waals surface area contributed by atoms with E-state index in [1.165, 1.54) is 27.8 Å². The Morgan fingerprint density at radius 3 is 2.74 bits per heavy atom. The molecule has 5 heteroatoms. The molecule has 3 aromatic rings. The number of pyridine rings is 2. The number of ether oxygens (including phenoxy) is 1. The van der Waals surface area contributed by atoms with Crippen LogP contribution in [0, 0.1) is 6.92 Å². The summed E-state index contributed by atoms with van der Waals surface area (Å²) in [6.07, 6.45) is 8.58. The second kappa shape index (κ2) is 8.52. The van der Waals surface area contributed by atoms with Crippen LogP contribution in [-0.2, 0) is 17.8 Å². The van der Waals surface area contributed by atoms with Gasteiger partial charge >= 0.3 is 0 Å². The fourth-order valence-electron chi connectivity index (χ4n) is 4.30. The number of hydrogen-bond acceptors (Lipinski definition) is 5. The van der Waals surface area contributed by atoms with Crippen LogP contribution < -0.4 is 4.90 Å². The second-order valence-corrected chi connectivity index (χ2v) is 8.47. The highest BCUT2D eigenvalue weighted by Gasteiger charge is 2.20. The lowest BCUT2D eigenvalue weighted by Gasteiger charge is -2.33. The first-order chi connectivity index (χ1) is 15.1. The zero-order valence-electron chi connectivity index (χ0n) is 18.2. The fourth-order valence-corrected chi connectivity index (χ4v) is 4.30. The highest BCUT2D eigenvalue weighted by atomic mass is 16.5. The number of aromatic nitrogens is 2. The van der Waals surface area contributed by atoms with Crippen molar-refractivity contribution in [1.29, 1.82) is 0 Å². The predicted molar refractivity (Wildman–Crippen MR) is 125 cm³/mol. The lowest BCUT2D eigenvalue weighted by atomic mass is 10.0. The third-order valence-corrected chi connectivity index (χ3v) is 5.98. The van der Waals surface area contributed by atoms with Crippen LogP contribution in [0.3, 0.4) is 0 Å². The van der Waals surface area contributed by atoms with E-state index in [1.807, 2.05) is 19.3 Å². The van der Waals surface area contributed by atoms with Gasteiger partial charge in [0, 0.05) is 50.5 Å². The molecule has 4 heterocycles. The number of rotatable bonds is 4. The van der Waals surface area contributed by atoms with Crippen LogP contribution in [0.15, 0.2) is 61.1 Å². The van der Waals surface area contributed by atoms with E-state index < -0.39 is 0 Å². The topological polar surface area (TPSA) is 41.5 Å². The van der Waals surface area contributed by atoms with Gasteiger partial charge in [-0.05, 0) is 65.9 Å². The molecule has 31 heavy (non-hydrogen) atoms. The fraction of sp³-hybridized carbons (Fsp3) is 0.308. The van der Waals surface area contributed by atoms with E-state index in [4.69, 9.17) is 9.72 Å². The van der Waals surface area contributed by atoms with Gasteiger partial charge < -0.3 is 14.5 Å². The molecule has 0 unspecified atom stereocenters. The molecule has 1 saturated heterocycles. The Morgan fingerprint density at radius 2 is 1.94 bits per heavy atom. The Bertz CT molecular complexity index is 1090. The summed E-state index contributed by atoms with van der Waals surface area (Å²) in [6, 6.07) is 15.2. The van der Waals surface area contributed by atoms with Crippen LogP contribution in [0.1, 0.15) is 29.3 Å². The maximum absolute atomic E-state index is 5.66. The van der Waals surface area contributed by atoms with Crippen molar-refractivity contribution in [1.82, 2.24) is 14.9 Å². The third kappa shape index (κ3) is 4.47. The lowest BCUT2D eigenvalue weighted by Crippen LogP contribution is -2.41. The Balaban J connectivity index is 1.26. The van der Waals surface area contributed by atoms with Crippen molar-refractivity contribution >= 4 is 11.9 Å². The average Bonchev–Trinajstić information content (AvgIpc) is 2.79. The number of morpholine rings is 1. The number of anilines is 1. The molecule has 5 rings (SSSR count). The van der Waals surface area contributed by atoms with E-state index in [2.05, 4.69) is 76.4 Å². The maximum atomic E-state index is 5.66. The van der Waals surface area contributed by atoms with Crippen molar-refractivity contribution in [2.24, 2.45) is 0 Å². The molecule has 5 nitrogen and oxygen atoms in total. The molecule has 1 atom stereocenters. The minimum Gasteiger partial charge on any atom is -0.375 e. The Hall–Kier alpha value is -3.18.